The summed E-state index contributed by atoms with van der Waals surface area (Å²) < 4.78 is 13.3. The molecule has 1 spiro atoms. The molecular formula is C28H43NO3. The minimum absolute atomic E-state index is 0.130. The monoisotopic (exact) mass is 441 g/mol. The molecule has 4 heteroatoms. The smallest absolute Gasteiger partial charge is 0.185 e. The number of aliphatic hydroxyl groups excluding tert-OH is 1. The average molecular weight is 442 g/mol. The zero-order valence-electron chi connectivity index (χ0n) is 20.7. The highest BCUT2D eigenvalue weighted by molar-refractivity contribution is 5.39. The molecule has 4 nitrogen and oxygen atoms in total. The van der Waals surface area contributed by atoms with Crippen LogP contribution in [0.15, 0.2) is 22.8 Å². The second kappa shape index (κ2) is 7.16. The van der Waals surface area contributed by atoms with Gasteiger partial charge in [0, 0.05) is 19.4 Å². The van der Waals surface area contributed by atoms with E-state index in [0.29, 0.717) is 11.8 Å². The van der Waals surface area contributed by atoms with Gasteiger partial charge in [-0.3, -0.25) is 0 Å². The first kappa shape index (κ1) is 21.8. The highest BCUT2D eigenvalue weighted by atomic mass is 16.7. The number of methoxy groups -OCH3 is 1. The minimum atomic E-state index is -0.489. The topological polar surface area (TPSA) is 50.7 Å². The Hall–Kier alpha value is -0.680. The van der Waals surface area contributed by atoms with Crippen molar-refractivity contribution in [2.75, 3.05) is 13.7 Å². The quantitative estimate of drug-likeness (QED) is 0.564. The second-order valence-corrected chi connectivity index (χ2v) is 12.5. The molecule has 4 fully saturated rings. The second-order valence-electron chi connectivity index (χ2n) is 12.5. The Bertz CT molecular complexity index is 865. The van der Waals surface area contributed by atoms with Crippen LogP contribution >= 0.6 is 0 Å². The van der Waals surface area contributed by atoms with Gasteiger partial charge in [-0.15, -0.1) is 0 Å². The summed E-state index contributed by atoms with van der Waals surface area (Å²) in [5.74, 6) is 2.72. The highest BCUT2D eigenvalue weighted by Gasteiger charge is 2.65. The summed E-state index contributed by atoms with van der Waals surface area (Å²) in [6.45, 7) is 10.7. The third-order valence-corrected chi connectivity index (χ3v) is 11.2. The maximum atomic E-state index is 10.3. The summed E-state index contributed by atoms with van der Waals surface area (Å²) in [6.07, 6.45) is 11.2. The molecule has 0 amide bonds. The van der Waals surface area contributed by atoms with E-state index in [1.807, 2.05) is 7.11 Å². The molecule has 6 aliphatic rings. The molecule has 0 aromatic heterocycles. The maximum absolute atomic E-state index is 10.3. The Labute approximate surface area is 194 Å². The summed E-state index contributed by atoms with van der Waals surface area (Å²) in [5.41, 5.74) is 4.91. The Morgan fingerprint density at radius 2 is 2.00 bits per heavy atom. The fourth-order valence-corrected chi connectivity index (χ4v) is 9.44. The first-order valence-corrected chi connectivity index (χ1v) is 13.3. The van der Waals surface area contributed by atoms with Crippen molar-refractivity contribution in [2.45, 2.75) is 103 Å². The number of piperidine rings is 1. The molecule has 10 unspecified atom stereocenters. The molecule has 2 N–H and O–H groups in total. The van der Waals surface area contributed by atoms with E-state index in [9.17, 15) is 5.11 Å². The van der Waals surface area contributed by atoms with Crippen LogP contribution < -0.4 is 5.32 Å². The molecule has 32 heavy (non-hydrogen) atoms. The summed E-state index contributed by atoms with van der Waals surface area (Å²) in [7, 11) is 1.85. The van der Waals surface area contributed by atoms with Gasteiger partial charge < -0.3 is 19.9 Å². The summed E-state index contributed by atoms with van der Waals surface area (Å²) in [4.78, 5) is 0. The van der Waals surface area contributed by atoms with Crippen molar-refractivity contribution >= 4 is 0 Å². The van der Waals surface area contributed by atoms with Gasteiger partial charge >= 0.3 is 0 Å². The Balaban J connectivity index is 1.36. The molecule has 2 saturated heterocycles. The normalized spacial score (nSPS) is 54.7. The molecule has 2 aliphatic heterocycles. The lowest BCUT2D eigenvalue weighted by molar-refractivity contribution is -0.256. The van der Waals surface area contributed by atoms with Crippen molar-refractivity contribution < 1.29 is 14.6 Å². The van der Waals surface area contributed by atoms with Gasteiger partial charge in [-0.05, 0) is 93.1 Å². The minimum Gasteiger partial charge on any atom is -0.393 e. The summed E-state index contributed by atoms with van der Waals surface area (Å²) in [6, 6.07) is 0.269. The Kier molecular flexibility index (Phi) is 4.89. The zero-order chi connectivity index (χ0) is 22.5. The van der Waals surface area contributed by atoms with E-state index in [4.69, 9.17) is 9.47 Å². The molecule has 4 aliphatic carbocycles. The summed E-state index contributed by atoms with van der Waals surface area (Å²) >= 11 is 0. The molecule has 2 saturated carbocycles. The van der Waals surface area contributed by atoms with E-state index in [-0.39, 0.29) is 23.2 Å². The zero-order valence-corrected chi connectivity index (χ0v) is 20.7. The predicted molar refractivity (Wildman–Crippen MR) is 126 cm³/mol. The van der Waals surface area contributed by atoms with Gasteiger partial charge in [0.15, 0.2) is 5.79 Å². The van der Waals surface area contributed by atoms with E-state index >= 15 is 0 Å². The van der Waals surface area contributed by atoms with Crippen LogP contribution in [0.25, 0.3) is 0 Å². The number of allylic oxidation sites excluding steroid dienone is 2. The van der Waals surface area contributed by atoms with Gasteiger partial charge in [-0.25, -0.2) is 0 Å². The molecule has 6 rings (SSSR count). The highest BCUT2D eigenvalue weighted by Crippen LogP contribution is 2.65. The van der Waals surface area contributed by atoms with Crippen molar-refractivity contribution in [3.63, 3.8) is 0 Å². The van der Waals surface area contributed by atoms with E-state index in [1.165, 1.54) is 24.8 Å². The Morgan fingerprint density at radius 1 is 1.19 bits per heavy atom. The molecule has 0 radical (unpaired) electrons. The fourth-order valence-electron chi connectivity index (χ4n) is 9.44. The van der Waals surface area contributed by atoms with Gasteiger partial charge in [0.2, 0.25) is 0 Å². The summed E-state index contributed by atoms with van der Waals surface area (Å²) in [5, 5.41) is 14.1. The fraction of sp³-hybridized carbons (Fsp3) is 0.857. The number of ether oxygens (including phenoxy) is 2. The first-order chi connectivity index (χ1) is 15.2. The van der Waals surface area contributed by atoms with Gasteiger partial charge in [-0.1, -0.05) is 38.0 Å². The Morgan fingerprint density at radius 3 is 2.78 bits per heavy atom. The number of nitrogens with one attached hydrogen (secondary N) is 1. The molecular weight excluding hydrogens is 398 g/mol. The third-order valence-electron chi connectivity index (χ3n) is 11.2. The SMILES string of the molecule is COC12CC(C)CNC1C(C)C1(CCC3C(=C1C)CC1C3CC=C3CC(O)CCC31C)O2. The van der Waals surface area contributed by atoms with Gasteiger partial charge in [0.05, 0.1) is 17.7 Å². The van der Waals surface area contributed by atoms with Crippen molar-refractivity contribution in [1.29, 1.82) is 0 Å². The van der Waals surface area contributed by atoms with E-state index in [2.05, 4.69) is 39.1 Å². The number of hydrogen-bond acceptors (Lipinski definition) is 4. The van der Waals surface area contributed by atoms with Crippen LogP contribution in [-0.4, -0.2) is 42.3 Å². The molecule has 178 valence electrons. The molecule has 10 atom stereocenters. The van der Waals surface area contributed by atoms with Crippen LogP contribution in [0.1, 0.15) is 79.1 Å². The number of hydrogen-bond donors (Lipinski definition) is 2. The number of fused-ring (bicyclic) bond motifs is 6. The third kappa shape index (κ3) is 2.70. The average Bonchev–Trinajstić information content (AvgIpc) is 3.27. The lowest BCUT2D eigenvalue weighted by atomic mass is 9.56. The van der Waals surface area contributed by atoms with Crippen molar-refractivity contribution in [3.05, 3.63) is 22.8 Å². The predicted octanol–water partition coefficient (Wildman–Crippen LogP) is 4.98. The molecule has 0 aromatic rings. The van der Waals surface area contributed by atoms with E-state index < -0.39 is 5.79 Å². The number of rotatable bonds is 1. The lowest BCUT2D eigenvalue weighted by Gasteiger charge is -2.49. The van der Waals surface area contributed by atoms with Crippen LogP contribution in [0.5, 0.6) is 0 Å². The van der Waals surface area contributed by atoms with Crippen LogP contribution in [0.2, 0.25) is 0 Å². The lowest BCUT2D eigenvalue weighted by Crippen LogP contribution is -2.57. The van der Waals surface area contributed by atoms with Crippen LogP contribution in [0, 0.1) is 35.0 Å². The standard InChI is InChI=1S/C28H43NO3/c1-16-14-28(31-5)25(29-15-16)18(3)27(32-28)11-9-21-22-7-6-19-12-20(30)8-10-26(19,4)24(22)13-23(21)17(27)2/h6,16,18,20-22,24-25,29-30H,7-15H2,1-5H3. The molecule has 0 aromatic carbocycles. The first-order valence-electron chi connectivity index (χ1n) is 13.3. The van der Waals surface area contributed by atoms with Crippen LogP contribution in [-0.2, 0) is 9.47 Å². The van der Waals surface area contributed by atoms with Crippen molar-refractivity contribution in [3.8, 4) is 0 Å². The van der Waals surface area contributed by atoms with Crippen LogP contribution in [0.3, 0.4) is 0 Å². The largest absolute Gasteiger partial charge is 0.393 e. The van der Waals surface area contributed by atoms with Crippen LogP contribution in [0.4, 0.5) is 0 Å². The van der Waals surface area contributed by atoms with Gasteiger partial charge in [-0.2, -0.15) is 0 Å². The molecule has 0 bridgehead atoms. The maximum Gasteiger partial charge on any atom is 0.185 e. The van der Waals surface area contributed by atoms with E-state index in [0.717, 1.165) is 56.4 Å². The molecule has 2 heterocycles. The van der Waals surface area contributed by atoms with Gasteiger partial charge in [0.25, 0.3) is 0 Å². The van der Waals surface area contributed by atoms with Crippen molar-refractivity contribution in [2.24, 2.45) is 35.0 Å². The van der Waals surface area contributed by atoms with Crippen molar-refractivity contribution in [1.82, 2.24) is 5.32 Å². The van der Waals surface area contributed by atoms with E-state index in [1.54, 1.807) is 11.1 Å². The van der Waals surface area contributed by atoms with Gasteiger partial charge in [0.1, 0.15) is 0 Å². The number of aliphatic hydroxyl groups is 1.